The number of nitrogens with zero attached hydrogens (tertiary/aromatic N) is 4. The van der Waals surface area contributed by atoms with Crippen LogP contribution in [0.25, 0.3) is 11.0 Å². The molecule has 2 heterocycles. The molecule has 2 aromatic heterocycles. The Morgan fingerprint density at radius 1 is 1.16 bits per heavy atom. The molecule has 0 bridgehead atoms. The lowest BCUT2D eigenvalue weighted by Gasteiger charge is -2.12. The Kier molecular flexibility index (Phi) is 7.63. The average molecular weight is 443 g/mol. The predicted molar refractivity (Wildman–Crippen MR) is 120 cm³/mol. The van der Waals surface area contributed by atoms with Crippen LogP contribution < -0.4 is 15.0 Å². The van der Waals surface area contributed by atoms with Crippen molar-refractivity contribution in [3.05, 3.63) is 46.1 Å². The van der Waals surface area contributed by atoms with E-state index in [1.165, 1.54) is 0 Å². The Hall–Kier alpha value is -3.20. The van der Waals surface area contributed by atoms with E-state index in [1.54, 1.807) is 47.5 Å². The summed E-state index contributed by atoms with van der Waals surface area (Å²) < 4.78 is 19.5. The Morgan fingerprint density at radius 2 is 1.84 bits per heavy atom. The molecule has 0 saturated carbocycles. The summed E-state index contributed by atoms with van der Waals surface area (Å²) >= 11 is 0. The molecular formula is C23H30N4O5. The third-order valence-corrected chi connectivity index (χ3v) is 5.07. The Labute approximate surface area is 186 Å². The second-order valence-electron chi connectivity index (χ2n) is 7.47. The number of hydrogen-bond donors (Lipinski definition) is 0. The summed E-state index contributed by atoms with van der Waals surface area (Å²) in [6.45, 7) is 8.43. The number of rotatable bonds is 10. The summed E-state index contributed by atoms with van der Waals surface area (Å²) in [6, 6.07) is 6.73. The number of fused-ring (bicyclic) bond motifs is 1. The smallest absolute Gasteiger partial charge is 0.340 e. The standard InChI is InChI=1S/C23H30N4O5/c1-6-8-19-20-21(26(5)25-19)22(28)27(16(4)24-20)13-14-31-17-9-11-18(12-10-17)32-23(29)15(3)30-7-2/h9-12,15H,6-8,13-14H2,1-5H3. The molecule has 0 amide bonds. The van der Waals surface area contributed by atoms with Crippen LogP contribution in [0.2, 0.25) is 0 Å². The molecule has 172 valence electrons. The summed E-state index contributed by atoms with van der Waals surface area (Å²) in [4.78, 5) is 29.6. The quantitative estimate of drug-likeness (QED) is 0.352. The van der Waals surface area contributed by atoms with Gasteiger partial charge in [0, 0.05) is 13.7 Å². The van der Waals surface area contributed by atoms with Gasteiger partial charge in [0.05, 0.1) is 12.2 Å². The topological polar surface area (TPSA) is 97.5 Å². The number of carbonyl (C=O) groups excluding carboxylic acids is 1. The van der Waals surface area contributed by atoms with Gasteiger partial charge in [-0.3, -0.25) is 14.0 Å². The Balaban J connectivity index is 1.65. The van der Waals surface area contributed by atoms with E-state index in [0.717, 1.165) is 18.5 Å². The monoisotopic (exact) mass is 442 g/mol. The highest BCUT2D eigenvalue weighted by Crippen LogP contribution is 2.19. The van der Waals surface area contributed by atoms with Crippen molar-refractivity contribution in [2.75, 3.05) is 13.2 Å². The summed E-state index contributed by atoms with van der Waals surface area (Å²) in [7, 11) is 1.77. The molecule has 0 aliphatic carbocycles. The van der Waals surface area contributed by atoms with Crippen molar-refractivity contribution in [3.63, 3.8) is 0 Å². The van der Waals surface area contributed by atoms with E-state index in [9.17, 15) is 9.59 Å². The lowest BCUT2D eigenvalue weighted by atomic mass is 10.2. The van der Waals surface area contributed by atoms with Crippen molar-refractivity contribution in [2.24, 2.45) is 7.05 Å². The maximum atomic E-state index is 13.0. The molecule has 1 aromatic carbocycles. The molecule has 0 fully saturated rings. The molecule has 3 aromatic rings. The van der Waals surface area contributed by atoms with Crippen LogP contribution >= 0.6 is 0 Å². The minimum Gasteiger partial charge on any atom is -0.492 e. The van der Waals surface area contributed by atoms with Gasteiger partial charge in [-0.2, -0.15) is 5.10 Å². The van der Waals surface area contributed by atoms with Gasteiger partial charge >= 0.3 is 5.97 Å². The zero-order valence-corrected chi connectivity index (χ0v) is 19.3. The van der Waals surface area contributed by atoms with E-state index in [1.807, 2.05) is 13.8 Å². The van der Waals surface area contributed by atoms with Crippen molar-refractivity contribution >= 4 is 17.0 Å². The molecule has 32 heavy (non-hydrogen) atoms. The van der Waals surface area contributed by atoms with Gasteiger partial charge in [-0.25, -0.2) is 9.78 Å². The van der Waals surface area contributed by atoms with Crippen LogP contribution in [-0.2, 0) is 29.5 Å². The van der Waals surface area contributed by atoms with E-state index >= 15 is 0 Å². The molecule has 9 heteroatoms. The fourth-order valence-corrected chi connectivity index (χ4v) is 3.47. The maximum Gasteiger partial charge on any atom is 0.340 e. The highest BCUT2D eigenvalue weighted by molar-refractivity contribution is 5.77. The summed E-state index contributed by atoms with van der Waals surface area (Å²) in [5, 5.41) is 4.47. The van der Waals surface area contributed by atoms with Crippen LogP contribution in [0.15, 0.2) is 29.1 Å². The minimum absolute atomic E-state index is 0.126. The highest BCUT2D eigenvalue weighted by atomic mass is 16.6. The van der Waals surface area contributed by atoms with E-state index < -0.39 is 12.1 Å². The fourth-order valence-electron chi connectivity index (χ4n) is 3.47. The molecule has 1 unspecified atom stereocenters. The average Bonchev–Trinajstić information content (AvgIpc) is 3.07. The Morgan fingerprint density at radius 3 is 2.50 bits per heavy atom. The first kappa shape index (κ1) is 23.5. The molecule has 0 radical (unpaired) electrons. The van der Waals surface area contributed by atoms with Crippen molar-refractivity contribution in [1.82, 2.24) is 19.3 Å². The third kappa shape index (κ3) is 5.16. The summed E-state index contributed by atoms with van der Waals surface area (Å²) in [6.07, 6.45) is 1.10. The summed E-state index contributed by atoms with van der Waals surface area (Å²) in [5.74, 6) is 1.19. The second-order valence-corrected chi connectivity index (χ2v) is 7.47. The first-order chi connectivity index (χ1) is 15.3. The molecule has 0 aliphatic heterocycles. The van der Waals surface area contributed by atoms with Crippen molar-refractivity contribution < 1.29 is 19.0 Å². The van der Waals surface area contributed by atoms with Crippen LogP contribution in [0.1, 0.15) is 38.7 Å². The normalized spacial score (nSPS) is 12.2. The van der Waals surface area contributed by atoms with Gasteiger partial charge < -0.3 is 14.2 Å². The van der Waals surface area contributed by atoms with Gasteiger partial charge in [0.2, 0.25) is 0 Å². The number of ether oxygens (including phenoxy) is 3. The van der Waals surface area contributed by atoms with E-state index in [-0.39, 0.29) is 12.2 Å². The minimum atomic E-state index is -0.624. The van der Waals surface area contributed by atoms with Crippen molar-refractivity contribution in [1.29, 1.82) is 0 Å². The molecule has 0 saturated heterocycles. The van der Waals surface area contributed by atoms with Crippen molar-refractivity contribution in [3.8, 4) is 11.5 Å². The van der Waals surface area contributed by atoms with Crippen LogP contribution in [-0.4, -0.2) is 44.6 Å². The Bertz CT molecular complexity index is 1130. The molecular weight excluding hydrogens is 412 g/mol. The van der Waals surface area contributed by atoms with Gasteiger partial charge in [0.15, 0.2) is 11.6 Å². The zero-order chi connectivity index (χ0) is 23.3. The third-order valence-electron chi connectivity index (χ3n) is 5.07. The molecule has 0 aliphatic rings. The maximum absolute atomic E-state index is 13.0. The number of hydrogen-bond acceptors (Lipinski definition) is 7. The number of carbonyl (C=O) groups is 1. The SMILES string of the molecule is CCCc1nn(C)c2c(=O)n(CCOc3ccc(OC(=O)C(C)OCC)cc3)c(C)nc12. The number of aromatic nitrogens is 4. The highest BCUT2D eigenvalue weighted by Gasteiger charge is 2.17. The van der Waals surface area contributed by atoms with E-state index in [0.29, 0.717) is 41.5 Å². The zero-order valence-electron chi connectivity index (χ0n) is 19.3. The van der Waals surface area contributed by atoms with Gasteiger partial charge in [0.25, 0.3) is 5.56 Å². The van der Waals surface area contributed by atoms with Crippen LogP contribution in [0.4, 0.5) is 0 Å². The number of esters is 1. The van der Waals surface area contributed by atoms with E-state index in [2.05, 4.69) is 17.0 Å². The van der Waals surface area contributed by atoms with Crippen LogP contribution in [0.3, 0.4) is 0 Å². The molecule has 9 nitrogen and oxygen atoms in total. The van der Waals surface area contributed by atoms with Gasteiger partial charge in [-0.05, 0) is 51.5 Å². The molecule has 0 spiro atoms. The van der Waals surface area contributed by atoms with Gasteiger partial charge in [-0.15, -0.1) is 0 Å². The van der Waals surface area contributed by atoms with Crippen LogP contribution in [0, 0.1) is 6.92 Å². The van der Waals surface area contributed by atoms with Gasteiger partial charge in [0.1, 0.15) is 29.4 Å². The predicted octanol–water partition coefficient (Wildman–Crippen LogP) is 2.80. The lowest BCUT2D eigenvalue weighted by Crippen LogP contribution is -2.27. The van der Waals surface area contributed by atoms with Crippen molar-refractivity contribution in [2.45, 2.75) is 53.2 Å². The molecule has 3 rings (SSSR count). The van der Waals surface area contributed by atoms with Crippen LogP contribution in [0.5, 0.6) is 11.5 Å². The lowest BCUT2D eigenvalue weighted by molar-refractivity contribution is -0.145. The van der Waals surface area contributed by atoms with Gasteiger partial charge in [-0.1, -0.05) is 13.3 Å². The first-order valence-corrected chi connectivity index (χ1v) is 10.8. The largest absolute Gasteiger partial charge is 0.492 e. The molecule has 1 atom stereocenters. The number of benzene rings is 1. The van der Waals surface area contributed by atoms with E-state index in [4.69, 9.17) is 14.2 Å². The first-order valence-electron chi connectivity index (χ1n) is 10.8. The molecule has 0 N–H and O–H groups in total. The second kappa shape index (κ2) is 10.4. The fraction of sp³-hybridized carbons (Fsp3) is 0.478. The number of aryl methyl sites for hydroxylation is 3. The summed E-state index contributed by atoms with van der Waals surface area (Å²) in [5.41, 5.74) is 1.91.